The molecule has 0 aromatic carbocycles. The molecule has 0 spiro atoms. The highest BCUT2D eigenvalue weighted by Crippen LogP contribution is 2.15. The van der Waals surface area contributed by atoms with Crippen LogP contribution in [0.1, 0.15) is 277 Å². The molecule has 348 valence electrons. The summed E-state index contributed by atoms with van der Waals surface area (Å²) in [5.41, 5.74) is 0. The van der Waals surface area contributed by atoms with Crippen molar-refractivity contribution < 1.29 is 24.5 Å². The molecule has 2 atom stereocenters. The van der Waals surface area contributed by atoms with Gasteiger partial charge in [0, 0.05) is 12.8 Å². The van der Waals surface area contributed by atoms with Crippen LogP contribution in [0.15, 0.2) is 24.3 Å². The molecule has 0 heterocycles. The van der Waals surface area contributed by atoms with Crippen LogP contribution in [0, 0.1) is 0 Å². The van der Waals surface area contributed by atoms with E-state index in [0.717, 1.165) is 57.8 Å². The minimum absolute atomic E-state index is 0.0101. The first kappa shape index (κ1) is 57.3. The van der Waals surface area contributed by atoms with Crippen LogP contribution in [0.3, 0.4) is 0 Å². The minimum Gasteiger partial charge on any atom is -0.466 e. The second-order valence-corrected chi connectivity index (χ2v) is 17.8. The number of amides is 1. The fourth-order valence-electron chi connectivity index (χ4n) is 7.92. The van der Waals surface area contributed by atoms with Crippen LogP contribution >= 0.6 is 0 Å². The number of carbonyl (C=O) groups excluding carboxylic acids is 2. The van der Waals surface area contributed by atoms with Gasteiger partial charge in [0.25, 0.3) is 0 Å². The molecule has 6 nitrogen and oxygen atoms in total. The summed E-state index contributed by atoms with van der Waals surface area (Å²) in [4.78, 5) is 24.4. The molecule has 0 aromatic heterocycles. The molecule has 2 unspecified atom stereocenters. The van der Waals surface area contributed by atoms with Crippen molar-refractivity contribution >= 4 is 11.9 Å². The summed E-state index contributed by atoms with van der Waals surface area (Å²) in [5, 5.41) is 23.1. The van der Waals surface area contributed by atoms with E-state index >= 15 is 0 Å². The molecule has 0 radical (unpaired) electrons. The molecule has 0 aliphatic rings. The average molecular weight is 832 g/mol. The fraction of sp³-hybridized carbons (Fsp3) is 0.887. The highest BCUT2D eigenvalue weighted by atomic mass is 16.5. The number of ether oxygens (including phenoxy) is 1. The van der Waals surface area contributed by atoms with E-state index in [0.29, 0.717) is 25.9 Å². The number of esters is 1. The number of hydrogen-bond donors (Lipinski definition) is 3. The normalized spacial score (nSPS) is 12.8. The van der Waals surface area contributed by atoms with Crippen LogP contribution in [-0.2, 0) is 14.3 Å². The number of allylic oxidation sites excluding steroid dienone is 4. The highest BCUT2D eigenvalue weighted by Gasteiger charge is 2.20. The highest BCUT2D eigenvalue weighted by molar-refractivity contribution is 5.76. The lowest BCUT2D eigenvalue weighted by atomic mass is 10.0. The number of aliphatic hydroxyl groups excluding tert-OH is 2. The van der Waals surface area contributed by atoms with Crippen LogP contribution in [-0.4, -0.2) is 47.4 Å². The van der Waals surface area contributed by atoms with Gasteiger partial charge in [0.15, 0.2) is 0 Å². The Morgan fingerprint density at radius 1 is 0.458 bits per heavy atom. The van der Waals surface area contributed by atoms with E-state index in [1.165, 1.54) is 186 Å². The Balaban J connectivity index is 3.44. The van der Waals surface area contributed by atoms with Gasteiger partial charge in [-0.05, 0) is 77.0 Å². The number of hydrogen-bond acceptors (Lipinski definition) is 5. The maximum absolute atomic E-state index is 12.4. The first-order chi connectivity index (χ1) is 29.0. The molecule has 0 rings (SSSR count). The summed E-state index contributed by atoms with van der Waals surface area (Å²) in [6.45, 7) is 4.90. The third-order valence-corrected chi connectivity index (χ3v) is 12.0. The first-order valence-electron chi connectivity index (χ1n) is 26.1. The molecule has 0 aliphatic carbocycles. The van der Waals surface area contributed by atoms with Crippen molar-refractivity contribution in [1.29, 1.82) is 0 Å². The number of unbranched alkanes of at least 4 members (excludes halogenated alkanes) is 33. The van der Waals surface area contributed by atoms with Gasteiger partial charge in [-0.15, -0.1) is 0 Å². The monoisotopic (exact) mass is 832 g/mol. The maximum atomic E-state index is 12.4. The topological polar surface area (TPSA) is 95.9 Å². The lowest BCUT2D eigenvalue weighted by Gasteiger charge is -2.22. The molecule has 0 aromatic rings. The number of aliphatic hydroxyl groups is 2. The summed E-state index contributed by atoms with van der Waals surface area (Å²) in [6, 6.07) is -0.548. The van der Waals surface area contributed by atoms with Gasteiger partial charge in [0.2, 0.25) is 5.91 Å². The van der Waals surface area contributed by atoms with E-state index in [1.807, 2.05) is 0 Å². The zero-order chi connectivity index (χ0) is 43.0. The molecule has 3 N–H and O–H groups in total. The Labute approximate surface area is 367 Å². The SMILES string of the molecule is CCCCCCCC/C=C\CCCCCCCC(=O)OCCCCCCCC/C=C\CCCCCCCCCC(=O)NC(CO)C(O)CCCCCCCCCCCC. The van der Waals surface area contributed by atoms with Gasteiger partial charge >= 0.3 is 5.97 Å². The number of nitrogens with one attached hydrogen (secondary N) is 1. The molecule has 0 saturated carbocycles. The fourth-order valence-corrected chi connectivity index (χ4v) is 7.92. The largest absolute Gasteiger partial charge is 0.466 e. The third-order valence-electron chi connectivity index (χ3n) is 12.0. The molecule has 0 saturated heterocycles. The Kier molecular flexibility index (Phi) is 47.6. The lowest BCUT2D eigenvalue weighted by molar-refractivity contribution is -0.143. The van der Waals surface area contributed by atoms with Crippen LogP contribution < -0.4 is 5.32 Å². The Morgan fingerprint density at radius 2 is 0.797 bits per heavy atom. The zero-order valence-electron chi connectivity index (χ0n) is 39.5. The Hall–Kier alpha value is -1.66. The predicted molar refractivity (Wildman–Crippen MR) is 255 cm³/mol. The van der Waals surface area contributed by atoms with E-state index < -0.39 is 12.1 Å². The van der Waals surface area contributed by atoms with Crippen molar-refractivity contribution in [2.75, 3.05) is 13.2 Å². The van der Waals surface area contributed by atoms with Crippen molar-refractivity contribution in [3.8, 4) is 0 Å². The zero-order valence-corrected chi connectivity index (χ0v) is 39.5. The van der Waals surface area contributed by atoms with Gasteiger partial charge in [0.1, 0.15) is 0 Å². The van der Waals surface area contributed by atoms with Gasteiger partial charge in [-0.25, -0.2) is 0 Å². The van der Waals surface area contributed by atoms with E-state index in [4.69, 9.17) is 4.74 Å². The first-order valence-corrected chi connectivity index (χ1v) is 26.1. The predicted octanol–water partition coefficient (Wildman–Crippen LogP) is 15.5. The van der Waals surface area contributed by atoms with Crippen LogP contribution in [0.4, 0.5) is 0 Å². The second kappa shape index (κ2) is 49.0. The third kappa shape index (κ3) is 45.7. The summed E-state index contributed by atoms with van der Waals surface area (Å²) in [5.74, 6) is -0.0594. The van der Waals surface area contributed by atoms with Crippen molar-refractivity contribution in [1.82, 2.24) is 5.32 Å². The van der Waals surface area contributed by atoms with E-state index in [2.05, 4.69) is 43.5 Å². The minimum atomic E-state index is -0.670. The summed E-state index contributed by atoms with van der Waals surface area (Å²) in [7, 11) is 0. The summed E-state index contributed by atoms with van der Waals surface area (Å²) >= 11 is 0. The molecule has 0 bridgehead atoms. The van der Waals surface area contributed by atoms with Crippen molar-refractivity contribution in [2.24, 2.45) is 0 Å². The molecule has 59 heavy (non-hydrogen) atoms. The van der Waals surface area contributed by atoms with Gasteiger partial charge in [-0.3, -0.25) is 9.59 Å². The van der Waals surface area contributed by atoms with E-state index in [9.17, 15) is 19.8 Å². The molecule has 1 amide bonds. The van der Waals surface area contributed by atoms with Gasteiger partial charge < -0.3 is 20.3 Å². The molecule has 0 aliphatic heterocycles. The Morgan fingerprint density at radius 3 is 1.20 bits per heavy atom. The standard InChI is InChI=1S/C53H101NO5/c1-3-5-7-9-11-13-15-16-20-24-27-31-35-39-43-47-53(58)59-48-44-40-36-32-28-25-22-19-17-18-21-23-26-30-34-38-42-46-52(57)54-50(49-55)51(56)45-41-37-33-29-14-12-10-8-6-4-2/h16-17,19-20,50-51,55-56H,3-15,18,21-49H2,1-2H3,(H,54,57)/b19-17-,20-16-. The van der Waals surface area contributed by atoms with Crippen molar-refractivity contribution in [3.63, 3.8) is 0 Å². The second-order valence-electron chi connectivity index (χ2n) is 17.8. The van der Waals surface area contributed by atoms with Gasteiger partial charge in [-0.2, -0.15) is 0 Å². The Bertz CT molecular complexity index is 920. The van der Waals surface area contributed by atoms with Gasteiger partial charge in [0.05, 0.1) is 25.4 Å². The van der Waals surface area contributed by atoms with E-state index in [-0.39, 0.29) is 18.5 Å². The maximum Gasteiger partial charge on any atom is 0.305 e. The quantitative estimate of drug-likeness (QED) is 0.0322. The molecule has 6 heteroatoms. The average Bonchev–Trinajstić information content (AvgIpc) is 3.24. The van der Waals surface area contributed by atoms with Crippen LogP contribution in [0.25, 0.3) is 0 Å². The molecule has 0 fully saturated rings. The summed E-state index contributed by atoms with van der Waals surface area (Å²) < 4.78 is 5.46. The lowest BCUT2D eigenvalue weighted by Crippen LogP contribution is -2.45. The molecular formula is C53H101NO5. The van der Waals surface area contributed by atoms with Gasteiger partial charge in [-0.1, -0.05) is 212 Å². The smallest absolute Gasteiger partial charge is 0.305 e. The number of carbonyl (C=O) groups is 2. The molecular weight excluding hydrogens is 731 g/mol. The van der Waals surface area contributed by atoms with Crippen LogP contribution in [0.2, 0.25) is 0 Å². The van der Waals surface area contributed by atoms with Crippen molar-refractivity contribution in [2.45, 2.75) is 289 Å². The summed E-state index contributed by atoms with van der Waals surface area (Å²) in [6.07, 6.45) is 57.2. The van der Waals surface area contributed by atoms with Crippen LogP contribution in [0.5, 0.6) is 0 Å². The number of rotatable bonds is 48. The van der Waals surface area contributed by atoms with E-state index in [1.54, 1.807) is 0 Å². The van der Waals surface area contributed by atoms with Crippen molar-refractivity contribution in [3.05, 3.63) is 24.3 Å².